The van der Waals surface area contributed by atoms with Crippen molar-refractivity contribution in [1.29, 1.82) is 0 Å². The lowest BCUT2D eigenvalue weighted by molar-refractivity contribution is -0.123. The van der Waals surface area contributed by atoms with E-state index in [2.05, 4.69) is 63.3 Å². The van der Waals surface area contributed by atoms with Crippen LogP contribution in [0.1, 0.15) is 95.6 Å². The Morgan fingerprint density at radius 3 is 2.19 bits per heavy atom. The van der Waals surface area contributed by atoms with E-state index in [-0.39, 0.29) is 50.3 Å². The van der Waals surface area contributed by atoms with Gasteiger partial charge in [0.05, 0.1) is 23.6 Å². The van der Waals surface area contributed by atoms with Gasteiger partial charge in [0.1, 0.15) is 23.0 Å². The molecular weight excluding hydrogens is 651 g/mol. The van der Waals surface area contributed by atoms with Crippen molar-refractivity contribution in [2.75, 3.05) is 17.4 Å². The van der Waals surface area contributed by atoms with Gasteiger partial charge in [-0.3, -0.25) is 14.4 Å². The van der Waals surface area contributed by atoms with Crippen molar-refractivity contribution in [2.45, 2.75) is 91.1 Å². The molecule has 4 rings (SSSR count). The molecule has 256 valence electrons. The number of hydrogen-bond acceptors (Lipinski definition) is 6. The first-order valence-corrected chi connectivity index (χ1v) is 16.9. The lowest BCUT2D eigenvalue weighted by Gasteiger charge is -2.35. The van der Waals surface area contributed by atoms with Crippen LogP contribution in [0, 0.1) is 0 Å². The molecule has 2 N–H and O–H groups in total. The average Bonchev–Trinajstić information content (AvgIpc) is 3.41. The summed E-state index contributed by atoms with van der Waals surface area (Å²) in [4.78, 5) is 39.5. The number of nitrogens with zero attached hydrogens (tertiary/aromatic N) is 2. The molecule has 9 nitrogen and oxygen atoms in total. The minimum atomic E-state index is -0.768. The molecule has 11 heteroatoms. The van der Waals surface area contributed by atoms with Crippen LogP contribution < -0.4 is 25.1 Å². The Labute approximate surface area is 293 Å². The van der Waals surface area contributed by atoms with E-state index in [0.717, 1.165) is 23.4 Å². The quantitative estimate of drug-likeness (QED) is 0.197. The van der Waals surface area contributed by atoms with Crippen LogP contribution >= 0.6 is 23.2 Å². The van der Waals surface area contributed by atoms with Crippen molar-refractivity contribution in [3.05, 3.63) is 81.3 Å². The zero-order chi connectivity index (χ0) is 35.4. The van der Waals surface area contributed by atoms with Crippen LogP contribution in [0.2, 0.25) is 10.0 Å². The molecule has 0 spiro atoms. The fourth-order valence-electron chi connectivity index (χ4n) is 5.43. The monoisotopic (exact) mass is 694 g/mol. The highest BCUT2D eigenvalue weighted by molar-refractivity contribution is 6.40. The standard InChI is InChI=1S/C37H44Cl2N4O5/c1-9-28(48-29-17-13-16-25(36(4,5)10-2)32(29)37(6,7)11-3)35(46)40-23-15-12-14-22(18-23)34(45)41-30-21-31(44)43(42-30)33-26(38)19-24(47-8)20-27(33)39/h12-20,28H,9-11,21H2,1-8H3,(H,40,46)(H,41,42,45). The molecule has 1 unspecified atom stereocenters. The molecule has 3 aromatic carbocycles. The Kier molecular flexibility index (Phi) is 11.5. The Hall–Kier alpha value is -4.08. The SMILES string of the molecule is CCC(Oc1cccc(C(C)(C)CC)c1C(C)(C)CC)C(=O)Nc1cccc(C(=O)NC2=NN(c3c(Cl)cc(OC)cc3Cl)C(=O)C2)c1. The number of ether oxygens (including phenoxy) is 2. The predicted molar refractivity (Wildman–Crippen MR) is 193 cm³/mol. The van der Waals surface area contributed by atoms with Gasteiger partial charge in [-0.2, -0.15) is 10.1 Å². The highest BCUT2D eigenvalue weighted by atomic mass is 35.5. The van der Waals surface area contributed by atoms with E-state index in [4.69, 9.17) is 32.7 Å². The fourth-order valence-corrected chi connectivity index (χ4v) is 6.06. The van der Waals surface area contributed by atoms with Gasteiger partial charge >= 0.3 is 0 Å². The minimum Gasteiger partial charge on any atom is -0.497 e. The second-order valence-electron chi connectivity index (χ2n) is 13.1. The van der Waals surface area contributed by atoms with Crippen molar-refractivity contribution in [3.8, 4) is 11.5 Å². The van der Waals surface area contributed by atoms with Crippen LogP contribution in [-0.4, -0.2) is 36.8 Å². The number of hydrazone groups is 1. The molecular formula is C37H44Cl2N4O5. The molecule has 1 atom stereocenters. The Morgan fingerprint density at radius 2 is 1.58 bits per heavy atom. The molecule has 0 aromatic heterocycles. The van der Waals surface area contributed by atoms with Gasteiger partial charge in [-0.15, -0.1) is 0 Å². The number of rotatable bonds is 12. The number of hydrogen-bond donors (Lipinski definition) is 2. The molecule has 1 aliphatic rings. The number of nitrogens with one attached hydrogen (secondary N) is 2. The number of carbonyl (C=O) groups is 3. The highest BCUT2D eigenvalue weighted by Gasteiger charge is 2.34. The number of amidine groups is 1. The third-order valence-electron chi connectivity index (χ3n) is 9.00. The van der Waals surface area contributed by atoms with Crippen LogP contribution in [-0.2, 0) is 20.4 Å². The topological polar surface area (TPSA) is 109 Å². The largest absolute Gasteiger partial charge is 0.497 e. The van der Waals surface area contributed by atoms with Crippen LogP contribution in [0.25, 0.3) is 0 Å². The first-order valence-electron chi connectivity index (χ1n) is 16.1. The molecule has 3 amide bonds. The lowest BCUT2D eigenvalue weighted by atomic mass is 9.71. The average molecular weight is 696 g/mol. The highest BCUT2D eigenvalue weighted by Crippen LogP contribution is 2.43. The van der Waals surface area contributed by atoms with Crippen LogP contribution in [0.15, 0.2) is 59.7 Å². The molecule has 1 heterocycles. The first-order chi connectivity index (χ1) is 22.6. The van der Waals surface area contributed by atoms with Gasteiger partial charge in [0.15, 0.2) is 6.10 Å². The van der Waals surface area contributed by atoms with E-state index in [1.165, 1.54) is 24.8 Å². The maximum absolute atomic E-state index is 13.6. The Balaban J connectivity index is 1.51. The second kappa shape index (κ2) is 15.0. The maximum atomic E-state index is 13.6. The summed E-state index contributed by atoms with van der Waals surface area (Å²) in [5, 5.41) is 11.3. The molecule has 0 saturated heterocycles. The molecule has 1 aliphatic heterocycles. The number of amides is 3. The third-order valence-corrected chi connectivity index (χ3v) is 9.57. The van der Waals surface area contributed by atoms with Gasteiger partial charge in [0, 0.05) is 28.9 Å². The van der Waals surface area contributed by atoms with Crippen molar-refractivity contribution >= 4 is 58.1 Å². The minimum absolute atomic E-state index is 0.0719. The van der Waals surface area contributed by atoms with Gasteiger partial charge in [-0.25, -0.2) is 0 Å². The van der Waals surface area contributed by atoms with E-state index in [0.29, 0.717) is 23.6 Å². The van der Waals surface area contributed by atoms with Gasteiger partial charge in [-0.1, -0.05) is 89.9 Å². The molecule has 0 aliphatic carbocycles. The molecule has 0 bridgehead atoms. The van der Waals surface area contributed by atoms with Gasteiger partial charge in [-0.05, 0) is 59.9 Å². The van der Waals surface area contributed by atoms with Crippen molar-refractivity contribution in [2.24, 2.45) is 5.10 Å². The number of methoxy groups -OCH3 is 1. The van der Waals surface area contributed by atoms with E-state index >= 15 is 0 Å². The molecule has 0 radical (unpaired) electrons. The van der Waals surface area contributed by atoms with Crippen molar-refractivity contribution < 1.29 is 23.9 Å². The number of halogens is 2. The van der Waals surface area contributed by atoms with Crippen molar-refractivity contribution in [1.82, 2.24) is 5.32 Å². The van der Waals surface area contributed by atoms with Crippen molar-refractivity contribution in [3.63, 3.8) is 0 Å². The summed E-state index contributed by atoms with van der Waals surface area (Å²) >= 11 is 12.7. The van der Waals surface area contributed by atoms with E-state index < -0.39 is 17.9 Å². The maximum Gasteiger partial charge on any atom is 0.265 e. The summed E-state index contributed by atoms with van der Waals surface area (Å²) in [6.07, 6.45) is 1.36. The molecule has 48 heavy (non-hydrogen) atoms. The van der Waals surface area contributed by atoms with Crippen LogP contribution in [0.5, 0.6) is 11.5 Å². The third kappa shape index (κ3) is 7.96. The first kappa shape index (κ1) is 36.8. The van der Waals surface area contributed by atoms with Gasteiger partial charge in [0.25, 0.3) is 17.7 Å². The summed E-state index contributed by atoms with van der Waals surface area (Å²) in [6, 6.07) is 15.7. The van der Waals surface area contributed by atoms with Gasteiger partial charge < -0.3 is 20.1 Å². The van der Waals surface area contributed by atoms with E-state index in [9.17, 15) is 14.4 Å². The predicted octanol–water partition coefficient (Wildman–Crippen LogP) is 8.65. The summed E-state index contributed by atoms with van der Waals surface area (Å²) in [5.41, 5.74) is 2.97. The number of carbonyl (C=O) groups excluding carboxylic acids is 3. The fraction of sp³-hybridized carbons (Fsp3) is 0.405. The summed E-state index contributed by atoms with van der Waals surface area (Å²) in [6.45, 7) is 15.1. The number of anilines is 2. The van der Waals surface area contributed by atoms with Crippen LogP contribution in [0.4, 0.5) is 11.4 Å². The Morgan fingerprint density at radius 1 is 0.938 bits per heavy atom. The zero-order valence-electron chi connectivity index (χ0n) is 28.8. The summed E-state index contributed by atoms with van der Waals surface area (Å²) in [7, 11) is 1.47. The Bertz CT molecular complexity index is 1710. The summed E-state index contributed by atoms with van der Waals surface area (Å²) < 4.78 is 11.6. The van der Waals surface area contributed by atoms with Gasteiger partial charge in [0.2, 0.25) is 0 Å². The molecule has 0 saturated carbocycles. The molecule has 3 aromatic rings. The number of benzene rings is 3. The lowest BCUT2D eigenvalue weighted by Crippen LogP contribution is -2.34. The van der Waals surface area contributed by atoms with E-state index in [1.54, 1.807) is 24.3 Å². The van der Waals surface area contributed by atoms with Crippen LogP contribution in [0.3, 0.4) is 0 Å². The normalized spacial score (nSPS) is 14.0. The molecule has 0 fully saturated rings. The summed E-state index contributed by atoms with van der Waals surface area (Å²) in [5.74, 6) is 0.00849. The smallest absolute Gasteiger partial charge is 0.265 e. The second-order valence-corrected chi connectivity index (χ2v) is 13.9. The van der Waals surface area contributed by atoms with E-state index in [1.807, 2.05) is 19.1 Å². The zero-order valence-corrected chi connectivity index (χ0v) is 30.3.